The number of methoxy groups -OCH3 is 1. The number of rotatable bonds is 3. The normalized spacial score (nSPS) is 19.6. The number of aromatic nitrogens is 2. The van der Waals surface area contributed by atoms with Crippen LogP contribution in [0.15, 0.2) is 12.4 Å². The maximum Gasteiger partial charge on any atom is 0.252 e. The van der Waals surface area contributed by atoms with Crippen LogP contribution < -0.4 is 10.1 Å². The quantitative estimate of drug-likeness (QED) is 0.722. The van der Waals surface area contributed by atoms with Crippen LogP contribution in [0.25, 0.3) is 0 Å². The zero-order valence-electron chi connectivity index (χ0n) is 9.51. The number of nitrogens with zero attached hydrogens (tertiary/aromatic N) is 3. The minimum absolute atomic E-state index is 0.130. The summed E-state index contributed by atoms with van der Waals surface area (Å²) in [6, 6.07) is -0.583. The molecule has 1 aromatic rings. The van der Waals surface area contributed by atoms with E-state index in [-0.39, 0.29) is 18.2 Å². The van der Waals surface area contributed by atoms with Gasteiger partial charge in [0.15, 0.2) is 5.75 Å². The lowest BCUT2D eigenvalue weighted by atomic mass is 10.2. The lowest BCUT2D eigenvalue weighted by Gasteiger charge is -2.10. The lowest BCUT2D eigenvalue weighted by molar-refractivity contribution is -0.136. The molecule has 2 rings (SSSR count). The van der Waals surface area contributed by atoms with Crippen molar-refractivity contribution in [1.29, 1.82) is 0 Å². The van der Waals surface area contributed by atoms with Crippen molar-refractivity contribution in [2.24, 2.45) is 0 Å². The molecule has 1 aromatic heterocycles. The molecule has 1 unspecified atom stereocenters. The van der Waals surface area contributed by atoms with Gasteiger partial charge in [0.1, 0.15) is 6.04 Å². The van der Waals surface area contributed by atoms with Gasteiger partial charge in [-0.05, 0) is 0 Å². The Labute approximate surface area is 97.8 Å². The van der Waals surface area contributed by atoms with Crippen molar-refractivity contribution >= 4 is 17.8 Å². The zero-order valence-corrected chi connectivity index (χ0v) is 9.51. The molecular formula is C10H12N4O3. The van der Waals surface area contributed by atoms with Crippen molar-refractivity contribution in [2.75, 3.05) is 19.5 Å². The van der Waals surface area contributed by atoms with E-state index < -0.39 is 6.04 Å². The molecule has 0 radical (unpaired) electrons. The Kier molecular flexibility index (Phi) is 2.90. The molecule has 0 saturated carbocycles. The van der Waals surface area contributed by atoms with Gasteiger partial charge in [-0.15, -0.1) is 0 Å². The molecule has 90 valence electrons. The van der Waals surface area contributed by atoms with Crippen LogP contribution in [0.4, 0.5) is 5.95 Å². The van der Waals surface area contributed by atoms with E-state index in [0.717, 1.165) is 4.90 Å². The number of anilines is 1. The van der Waals surface area contributed by atoms with Crippen LogP contribution >= 0.6 is 0 Å². The summed E-state index contributed by atoms with van der Waals surface area (Å²) in [4.78, 5) is 31.9. The molecule has 7 heteroatoms. The Morgan fingerprint density at radius 2 is 2.06 bits per heavy atom. The van der Waals surface area contributed by atoms with Crippen molar-refractivity contribution in [2.45, 2.75) is 12.5 Å². The van der Waals surface area contributed by atoms with Crippen molar-refractivity contribution in [1.82, 2.24) is 14.9 Å². The molecular weight excluding hydrogens is 224 g/mol. The van der Waals surface area contributed by atoms with E-state index in [9.17, 15) is 9.59 Å². The SMILES string of the molecule is COc1cnc(NC2CC(=O)N(C)C2=O)nc1. The van der Waals surface area contributed by atoms with Gasteiger partial charge in [0.2, 0.25) is 11.9 Å². The standard InChI is InChI=1S/C10H12N4O3/c1-14-8(15)3-7(9(14)16)13-10-11-4-6(17-2)5-12-10/h4-5,7H,3H2,1-2H3,(H,11,12,13). The van der Waals surface area contributed by atoms with Gasteiger partial charge in [-0.25, -0.2) is 9.97 Å². The fourth-order valence-electron chi connectivity index (χ4n) is 1.52. The number of amides is 2. The summed E-state index contributed by atoms with van der Waals surface area (Å²) in [5.74, 6) is 0.351. The van der Waals surface area contributed by atoms with Gasteiger partial charge >= 0.3 is 0 Å². The number of likely N-dealkylation sites (tertiary alicyclic amines) is 1. The second-order valence-corrected chi connectivity index (χ2v) is 3.64. The summed E-state index contributed by atoms with van der Waals surface area (Å²) in [5.41, 5.74) is 0. The first-order valence-corrected chi connectivity index (χ1v) is 5.05. The number of hydrogen-bond acceptors (Lipinski definition) is 6. The van der Waals surface area contributed by atoms with Crippen molar-refractivity contribution in [3.8, 4) is 5.75 Å². The van der Waals surface area contributed by atoms with Crippen LogP contribution in [0, 0.1) is 0 Å². The van der Waals surface area contributed by atoms with Gasteiger partial charge in [-0.3, -0.25) is 14.5 Å². The van der Waals surface area contributed by atoms with Crippen LogP contribution in [0.2, 0.25) is 0 Å². The first-order chi connectivity index (χ1) is 8.11. The fraction of sp³-hybridized carbons (Fsp3) is 0.400. The molecule has 0 aliphatic carbocycles. The monoisotopic (exact) mass is 236 g/mol. The number of ether oxygens (including phenoxy) is 1. The Morgan fingerprint density at radius 1 is 1.41 bits per heavy atom. The average molecular weight is 236 g/mol. The first kappa shape index (κ1) is 11.3. The first-order valence-electron chi connectivity index (χ1n) is 5.05. The van der Waals surface area contributed by atoms with E-state index >= 15 is 0 Å². The molecule has 1 aliphatic heterocycles. The van der Waals surface area contributed by atoms with Crippen LogP contribution in [0.1, 0.15) is 6.42 Å². The van der Waals surface area contributed by atoms with E-state index in [2.05, 4.69) is 15.3 Å². The average Bonchev–Trinajstić information content (AvgIpc) is 2.58. The Balaban J connectivity index is 2.06. The van der Waals surface area contributed by atoms with E-state index in [4.69, 9.17) is 4.74 Å². The second kappa shape index (κ2) is 4.36. The molecule has 0 bridgehead atoms. The molecule has 2 amide bonds. The van der Waals surface area contributed by atoms with Gasteiger partial charge in [-0.1, -0.05) is 0 Å². The van der Waals surface area contributed by atoms with E-state index in [1.165, 1.54) is 26.6 Å². The third-order valence-corrected chi connectivity index (χ3v) is 2.55. The maximum atomic E-state index is 11.6. The van der Waals surface area contributed by atoms with Crippen LogP contribution in [0.3, 0.4) is 0 Å². The van der Waals surface area contributed by atoms with Gasteiger partial charge in [0, 0.05) is 7.05 Å². The highest BCUT2D eigenvalue weighted by Crippen LogP contribution is 2.15. The summed E-state index contributed by atoms with van der Waals surface area (Å²) in [6.07, 6.45) is 3.10. The number of imide groups is 1. The number of nitrogens with one attached hydrogen (secondary N) is 1. The summed E-state index contributed by atoms with van der Waals surface area (Å²) >= 11 is 0. The number of carbonyl (C=O) groups is 2. The van der Waals surface area contributed by atoms with Gasteiger partial charge in [0.25, 0.3) is 5.91 Å². The van der Waals surface area contributed by atoms with Crippen LogP contribution in [-0.2, 0) is 9.59 Å². The van der Waals surface area contributed by atoms with Gasteiger partial charge in [0.05, 0.1) is 25.9 Å². The largest absolute Gasteiger partial charge is 0.494 e. The minimum atomic E-state index is -0.583. The zero-order chi connectivity index (χ0) is 12.4. The van der Waals surface area contributed by atoms with Crippen molar-refractivity contribution in [3.63, 3.8) is 0 Å². The highest BCUT2D eigenvalue weighted by Gasteiger charge is 2.36. The van der Waals surface area contributed by atoms with Crippen LogP contribution in [-0.4, -0.2) is 46.9 Å². The smallest absolute Gasteiger partial charge is 0.252 e. The Hall–Kier alpha value is -2.18. The maximum absolute atomic E-state index is 11.6. The number of likely N-dealkylation sites (N-methyl/N-ethyl adjacent to an activating group) is 1. The number of carbonyl (C=O) groups excluding carboxylic acids is 2. The molecule has 1 aliphatic rings. The molecule has 17 heavy (non-hydrogen) atoms. The highest BCUT2D eigenvalue weighted by molar-refractivity contribution is 6.06. The minimum Gasteiger partial charge on any atom is -0.494 e. The summed E-state index contributed by atoms with van der Waals surface area (Å²) in [7, 11) is 2.97. The Morgan fingerprint density at radius 3 is 2.53 bits per heavy atom. The molecule has 2 heterocycles. The molecule has 7 nitrogen and oxygen atoms in total. The summed E-state index contributed by atoms with van der Waals surface area (Å²) in [6.45, 7) is 0. The molecule has 0 spiro atoms. The predicted octanol–water partition coefficient (Wildman–Crippen LogP) is -0.346. The number of hydrogen-bond donors (Lipinski definition) is 1. The topological polar surface area (TPSA) is 84.4 Å². The fourth-order valence-corrected chi connectivity index (χ4v) is 1.52. The van der Waals surface area contributed by atoms with E-state index in [1.54, 1.807) is 0 Å². The highest BCUT2D eigenvalue weighted by atomic mass is 16.5. The molecule has 1 N–H and O–H groups in total. The molecule has 0 aromatic carbocycles. The van der Waals surface area contributed by atoms with Crippen LogP contribution in [0.5, 0.6) is 5.75 Å². The van der Waals surface area contributed by atoms with Crippen molar-refractivity contribution in [3.05, 3.63) is 12.4 Å². The third-order valence-electron chi connectivity index (χ3n) is 2.55. The lowest BCUT2D eigenvalue weighted by Crippen LogP contribution is -2.32. The van der Waals surface area contributed by atoms with E-state index in [1.807, 2.05) is 0 Å². The summed E-state index contributed by atoms with van der Waals surface area (Å²) < 4.78 is 4.91. The Bertz CT molecular complexity index is 445. The molecule has 1 atom stereocenters. The molecule has 1 saturated heterocycles. The molecule has 1 fully saturated rings. The predicted molar refractivity (Wildman–Crippen MR) is 58.4 cm³/mol. The van der Waals surface area contributed by atoms with Gasteiger partial charge < -0.3 is 10.1 Å². The van der Waals surface area contributed by atoms with Gasteiger partial charge in [-0.2, -0.15) is 0 Å². The second-order valence-electron chi connectivity index (χ2n) is 3.64. The van der Waals surface area contributed by atoms with Crippen molar-refractivity contribution < 1.29 is 14.3 Å². The summed E-state index contributed by atoms with van der Waals surface area (Å²) in [5, 5.41) is 2.81. The van der Waals surface area contributed by atoms with E-state index in [0.29, 0.717) is 11.7 Å². The third kappa shape index (κ3) is 2.17.